The van der Waals surface area contributed by atoms with E-state index < -0.39 is 17.2 Å². The van der Waals surface area contributed by atoms with Gasteiger partial charge in [-0.15, -0.1) is 0 Å². The van der Waals surface area contributed by atoms with Crippen molar-refractivity contribution in [2.45, 2.75) is 27.7 Å². The summed E-state index contributed by atoms with van der Waals surface area (Å²) in [6, 6.07) is 13.2. The molecule has 3 aromatic rings. The molecule has 0 saturated carbocycles. The lowest BCUT2D eigenvalue weighted by atomic mass is 10.1. The monoisotopic (exact) mass is 379 g/mol. The zero-order valence-electron chi connectivity index (χ0n) is 16.4. The quantitative estimate of drug-likeness (QED) is 0.689. The van der Waals surface area contributed by atoms with E-state index in [-0.39, 0.29) is 11.4 Å². The second-order valence-electron chi connectivity index (χ2n) is 6.70. The first-order valence-corrected chi connectivity index (χ1v) is 9.08. The predicted molar refractivity (Wildman–Crippen MR) is 108 cm³/mol. The minimum Gasteiger partial charge on any atom is -0.307 e. The van der Waals surface area contributed by atoms with Gasteiger partial charge >= 0.3 is 0 Å². The van der Waals surface area contributed by atoms with Crippen molar-refractivity contribution in [3.8, 4) is 5.69 Å². The molecule has 0 spiro atoms. The second kappa shape index (κ2) is 7.76. The molecule has 5 nitrogen and oxygen atoms in total. The van der Waals surface area contributed by atoms with Gasteiger partial charge in [0.15, 0.2) is 5.69 Å². The Hall–Kier alpha value is -3.28. The Morgan fingerprint density at radius 3 is 2.50 bits per heavy atom. The molecule has 0 aliphatic rings. The van der Waals surface area contributed by atoms with E-state index in [1.165, 1.54) is 21.7 Å². The van der Waals surface area contributed by atoms with Crippen molar-refractivity contribution in [1.82, 2.24) is 9.78 Å². The number of amides is 1. The maximum absolute atomic E-state index is 14.2. The first-order valence-electron chi connectivity index (χ1n) is 9.08. The fourth-order valence-electron chi connectivity index (χ4n) is 3.12. The van der Waals surface area contributed by atoms with Crippen LogP contribution in [0.15, 0.2) is 53.3 Å². The molecule has 1 heterocycles. The van der Waals surface area contributed by atoms with Crippen LogP contribution in [0.4, 0.5) is 10.1 Å². The van der Waals surface area contributed by atoms with Crippen LogP contribution in [0.5, 0.6) is 0 Å². The zero-order valence-corrected chi connectivity index (χ0v) is 16.4. The van der Waals surface area contributed by atoms with E-state index >= 15 is 0 Å². The number of carbonyl (C=O) groups is 1. The summed E-state index contributed by atoms with van der Waals surface area (Å²) in [5.41, 5.74) is 2.56. The van der Waals surface area contributed by atoms with Crippen LogP contribution in [0.25, 0.3) is 5.69 Å². The van der Waals surface area contributed by atoms with E-state index in [2.05, 4.69) is 5.10 Å². The van der Waals surface area contributed by atoms with E-state index in [9.17, 15) is 14.0 Å². The lowest BCUT2D eigenvalue weighted by Crippen LogP contribution is -2.36. The van der Waals surface area contributed by atoms with Gasteiger partial charge in [-0.25, -0.2) is 9.07 Å². The first-order chi connectivity index (χ1) is 13.3. The number of anilines is 1. The highest BCUT2D eigenvalue weighted by Crippen LogP contribution is 2.23. The molecule has 0 unspecified atom stereocenters. The molecule has 144 valence electrons. The smallest absolute Gasteiger partial charge is 0.282 e. The standard InChI is InChI=1S/C22H22FN3O2/c1-5-25(19-12-14(2)10-11-15(19)3)22(28)21-20(27)13-16(4)26(24-21)18-9-7-6-8-17(18)23/h6-13H,5H2,1-4H3. The molecule has 2 aromatic carbocycles. The summed E-state index contributed by atoms with van der Waals surface area (Å²) in [6.45, 7) is 7.71. The molecule has 0 N–H and O–H groups in total. The maximum atomic E-state index is 14.2. The van der Waals surface area contributed by atoms with E-state index in [0.717, 1.165) is 16.8 Å². The van der Waals surface area contributed by atoms with Crippen LogP contribution < -0.4 is 10.3 Å². The van der Waals surface area contributed by atoms with Gasteiger partial charge in [0.25, 0.3) is 5.91 Å². The number of para-hydroxylation sites is 1. The van der Waals surface area contributed by atoms with Crippen LogP contribution in [0.2, 0.25) is 0 Å². The Bertz CT molecular complexity index is 1110. The zero-order chi connectivity index (χ0) is 20.4. The van der Waals surface area contributed by atoms with E-state index in [0.29, 0.717) is 12.2 Å². The summed E-state index contributed by atoms with van der Waals surface area (Å²) >= 11 is 0. The van der Waals surface area contributed by atoms with E-state index in [4.69, 9.17) is 0 Å². The average Bonchev–Trinajstić information content (AvgIpc) is 2.66. The average molecular weight is 379 g/mol. The minimum atomic E-state index is -0.508. The molecule has 0 radical (unpaired) electrons. The van der Waals surface area contributed by atoms with Crippen molar-refractivity contribution in [3.05, 3.63) is 87.1 Å². The third kappa shape index (κ3) is 3.58. The third-order valence-corrected chi connectivity index (χ3v) is 4.61. The summed E-state index contributed by atoms with van der Waals surface area (Å²) in [4.78, 5) is 27.3. The number of hydrogen-bond acceptors (Lipinski definition) is 3. The maximum Gasteiger partial charge on any atom is 0.282 e. The number of aryl methyl sites for hydroxylation is 3. The van der Waals surface area contributed by atoms with E-state index in [1.807, 2.05) is 39.0 Å². The predicted octanol–water partition coefficient (Wildman–Crippen LogP) is 3.96. The molecule has 0 atom stereocenters. The molecule has 0 bridgehead atoms. The van der Waals surface area contributed by atoms with Crippen LogP contribution in [-0.4, -0.2) is 22.2 Å². The Labute approximate surface area is 163 Å². The number of aromatic nitrogens is 2. The SMILES string of the molecule is CCN(C(=O)c1nn(-c2ccccc2F)c(C)cc1=O)c1cc(C)ccc1C. The van der Waals surface area contributed by atoms with Crippen LogP contribution in [0.3, 0.4) is 0 Å². The Balaban J connectivity index is 2.13. The van der Waals surface area contributed by atoms with Crippen molar-refractivity contribution in [2.24, 2.45) is 0 Å². The molecule has 6 heteroatoms. The van der Waals surface area contributed by atoms with Gasteiger partial charge in [-0.3, -0.25) is 9.59 Å². The van der Waals surface area contributed by atoms with Crippen molar-refractivity contribution in [3.63, 3.8) is 0 Å². The number of rotatable bonds is 4. The van der Waals surface area contributed by atoms with Gasteiger partial charge in [-0.05, 0) is 57.0 Å². The van der Waals surface area contributed by atoms with Crippen LogP contribution in [0, 0.1) is 26.6 Å². The summed E-state index contributed by atoms with van der Waals surface area (Å²) < 4.78 is 15.5. The number of benzene rings is 2. The molecule has 0 saturated heterocycles. The van der Waals surface area contributed by atoms with E-state index in [1.54, 1.807) is 25.1 Å². The summed E-state index contributed by atoms with van der Waals surface area (Å²) in [6.07, 6.45) is 0. The molecular weight excluding hydrogens is 357 g/mol. The number of nitrogens with zero attached hydrogens (tertiary/aromatic N) is 3. The Morgan fingerprint density at radius 2 is 1.82 bits per heavy atom. The highest BCUT2D eigenvalue weighted by Gasteiger charge is 2.23. The topological polar surface area (TPSA) is 55.2 Å². The second-order valence-corrected chi connectivity index (χ2v) is 6.70. The summed E-state index contributed by atoms with van der Waals surface area (Å²) in [5, 5.41) is 4.22. The third-order valence-electron chi connectivity index (χ3n) is 4.61. The molecule has 0 aliphatic carbocycles. The first kappa shape index (κ1) is 19.5. The van der Waals surface area contributed by atoms with Crippen molar-refractivity contribution < 1.29 is 9.18 Å². The highest BCUT2D eigenvalue weighted by molar-refractivity contribution is 6.05. The fourth-order valence-corrected chi connectivity index (χ4v) is 3.12. The molecule has 0 aliphatic heterocycles. The molecule has 3 rings (SSSR count). The fraction of sp³-hybridized carbons (Fsp3) is 0.227. The summed E-state index contributed by atoms with van der Waals surface area (Å²) in [5.74, 6) is -0.992. The molecule has 1 aromatic heterocycles. The van der Waals surface area contributed by atoms with Gasteiger partial charge in [0, 0.05) is 24.0 Å². The van der Waals surface area contributed by atoms with Crippen molar-refractivity contribution in [1.29, 1.82) is 0 Å². The lowest BCUT2D eigenvalue weighted by Gasteiger charge is -2.23. The van der Waals surface area contributed by atoms with Gasteiger partial charge in [-0.1, -0.05) is 24.3 Å². The molecule has 28 heavy (non-hydrogen) atoms. The van der Waals surface area contributed by atoms with Crippen LogP contribution in [-0.2, 0) is 0 Å². The van der Waals surface area contributed by atoms with Crippen LogP contribution >= 0.6 is 0 Å². The van der Waals surface area contributed by atoms with Gasteiger partial charge in [-0.2, -0.15) is 5.10 Å². The van der Waals surface area contributed by atoms with Gasteiger partial charge in [0.2, 0.25) is 5.43 Å². The van der Waals surface area contributed by atoms with Crippen molar-refractivity contribution >= 4 is 11.6 Å². The largest absolute Gasteiger partial charge is 0.307 e. The van der Waals surface area contributed by atoms with Crippen molar-refractivity contribution in [2.75, 3.05) is 11.4 Å². The molecular formula is C22H22FN3O2. The number of halogens is 1. The lowest BCUT2D eigenvalue weighted by molar-refractivity contribution is 0.0980. The highest BCUT2D eigenvalue weighted by atomic mass is 19.1. The number of carbonyl (C=O) groups excluding carboxylic acids is 1. The van der Waals surface area contributed by atoms with Gasteiger partial charge < -0.3 is 4.90 Å². The number of hydrogen-bond donors (Lipinski definition) is 0. The van der Waals surface area contributed by atoms with Crippen LogP contribution in [0.1, 0.15) is 34.2 Å². The Kier molecular flexibility index (Phi) is 5.40. The Morgan fingerprint density at radius 1 is 1.11 bits per heavy atom. The molecule has 1 amide bonds. The van der Waals surface area contributed by atoms with Gasteiger partial charge in [0.05, 0.1) is 0 Å². The normalized spacial score (nSPS) is 10.8. The summed E-state index contributed by atoms with van der Waals surface area (Å²) in [7, 11) is 0. The molecule has 0 fully saturated rings. The van der Waals surface area contributed by atoms with Gasteiger partial charge in [0.1, 0.15) is 11.5 Å². The minimum absolute atomic E-state index is 0.184.